The predicted octanol–water partition coefficient (Wildman–Crippen LogP) is 4.14. The van der Waals surface area contributed by atoms with E-state index in [9.17, 15) is 4.79 Å². The topological polar surface area (TPSA) is 42.0 Å². The Kier molecular flexibility index (Phi) is 8.55. The summed E-state index contributed by atoms with van der Waals surface area (Å²) >= 11 is 5.97. The molecule has 0 spiro atoms. The summed E-state index contributed by atoms with van der Waals surface area (Å²) in [5, 5.41) is 0.774. The number of halogens is 1. The Balaban J connectivity index is 1.57. The highest BCUT2D eigenvalue weighted by Gasteiger charge is 2.28. The van der Waals surface area contributed by atoms with Crippen molar-refractivity contribution in [1.82, 2.24) is 9.80 Å². The van der Waals surface area contributed by atoms with Crippen LogP contribution < -0.4 is 4.74 Å². The molecule has 5 nitrogen and oxygen atoms in total. The second-order valence-electron chi connectivity index (χ2n) is 7.67. The summed E-state index contributed by atoms with van der Waals surface area (Å²) in [6.45, 7) is 4.14. The molecular weight excluding hydrogens is 400 g/mol. The zero-order valence-electron chi connectivity index (χ0n) is 17.9. The van der Waals surface area contributed by atoms with Crippen LogP contribution in [0.25, 0.3) is 0 Å². The van der Waals surface area contributed by atoms with Gasteiger partial charge in [0.2, 0.25) is 0 Å². The first-order chi connectivity index (χ1) is 14.6. The Morgan fingerprint density at radius 3 is 2.53 bits per heavy atom. The average Bonchev–Trinajstić information content (AvgIpc) is 2.79. The van der Waals surface area contributed by atoms with Gasteiger partial charge in [0.05, 0.1) is 13.7 Å². The molecule has 1 heterocycles. The van der Waals surface area contributed by atoms with Crippen molar-refractivity contribution >= 4 is 17.5 Å². The molecular formula is C24H31ClN2O3. The van der Waals surface area contributed by atoms with Gasteiger partial charge in [-0.2, -0.15) is 0 Å². The maximum atomic E-state index is 13.2. The van der Waals surface area contributed by atoms with E-state index in [0.717, 1.165) is 43.9 Å². The van der Waals surface area contributed by atoms with Crippen molar-refractivity contribution < 1.29 is 14.3 Å². The fourth-order valence-electron chi connectivity index (χ4n) is 3.95. The van der Waals surface area contributed by atoms with Crippen LogP contribution in [0.1, 0.15) is 28.8 Å². The highest BCUT2D eigenvalue weighted by molar-refractivity contribution is 6.30. The molecule has 0 N–H and O–H groups in total. The van der Waals surface area contributed by atoms with E-state index in [1.54, 1.807) is 14.2 Å². The van der Waals surface area contributed by atoms with E-state index in [4.69, 9.17) is 21.1 Å². The number of ether oxygens (including phenoxy) is 2. The third-order valence-electron chi connectivity index (χ3n) is 5.74. The van der Waals surface area contributed by atoms with E-state index in [0.29, 0.717) is 24.5 Å². The van der Waals surface area contributed by atoms with Gasteiger partial charge in [0.15, 0.2) is 0 Å². The fourth-order valence-corrected chi connectivity index (χ4v) is 4.08. The van der Waals surface area contributed by atoms with Crippen molar-refractivity contribution in [3.05, 3.63) is 64.7 Å². The Morgan fingerprint density at radius 2 is 1.87 bits per heavy atom. The molecule has 1 aliphatic rings. The van der Waals surface area contributed by atoms with Gasteiger partial charge in [-0.25, -0.2) is 0 Å². The van der Waals surface area contributed by atoms with Crippen LogP contribution in [0.4, 0.5) is 0 Å². The van der Waals surface area contributed by atoms with Crippen LogP contribution >= 0.6 is 11.6 Å². The first-order valence-corrected chi connectivity index (χ1v) is 10.9. The van der Waals surface area contributed by atoms with Crippen LogP contribution in [0.5, 0.6) is 5.75 Å². The number of amides is 1. The minimum Gasteiger partial charge on any atom is -0.497 e. The molecule has 30 heavy (non-hydrogen) atoms. The molecule has 3 rings (SSSR count). The van der Waals surface area contributed by atoms with Crippen LogP contribution in [0.2, 0.25) is 5.02 Å². The minimum absolute atomic E-state index is 0.0468. The van der Waals surface area contributed by atoms with Crippen molar-refractivity contribution in [3.63, 3.8) is 0 Å². The third kappa shape index (κ3) is 6.21. The molecule has 162 valence electrons. The van der Waals surface area contributed by atoms with E-state index in [1.807, 2.05) is 41.3 Å². The van der Waals surface area contributed by atoms with E-state index < -0.39 is 0 Å². The second kappa shape index (κ2) is 11.3. The average molecular weight is 431 g/mol. The summed E-state index contributed by atoms with van der Waals surface area (Å²) in [4.78, 5) is 17.7. The number of hydrogen-bond acceptors (Lipinski definition) is 4. The van der Waals surface area contributed by atoms with Crippen molar-refractivity contribution in [1.29, 1.82) is 0 Å². The zero-order valence-corrected chi connectivity index (χ0v) is 18.6. The molecule has 1 amide bonds. The lowest BCUT2D eigenvalue weighted by Gasteiger charge is -2.38. The lowest BCUT2D eigenvalue weighted by Crippen LogP contribution is -2.48. The number of methoxy groups -OCH3 is 2. The summed E-state index contributed by atoms with van der Waals surface area (Å²) < 4.78 is 10.6. The molecule has 1 saturated heterocycles. The molecule has 2 aromatic rings. The number of piperidine rings is 1. The Hall–Kier alpha value is -2.08. The summed E-state index contributed by atoms with van der Waals surface area (Å²) in [5.41, 5.74) is 1.96. The van der Waals surface area contributed by atoms with Crippen molar-refractivity contribution in [3.8, 4) is 5.75 Å². The quantitative estimate of drug-likeness (QED) is 0.599. The number of rotatable bonds is 9. The van der Waals surface area contributed by atoms with Gasteiger partial charge in [0, 0.05) is 49.9 Å². The number of benzene rings is 2. The molecule has 0 aromatic heterocycles. The van der Waals surface area contributed by atoms with Crippen LogP contribution in [0, 0.1) is 0 Å². The van der Waals surface area contributed by atoms with Crippen LogP contribution in [-0.2, 0) is 11.2 Å². The van der Waals surface area contributed by atoms with Crippen molar-refractivity contribution in [2.45, 2.75) is 25.3 Å². The summed E-state index contributed by atoms with van der Waals surface area (Å²) in [6.07, 6.45) is 2.96. The number of carbonyl (C=O) groups is 1. The fraction of sp³-hybridized carbons (Fsp3) is 0.458. The number of likely N-dealkylation sites (tertiary alicyclic amines) is 1. The van der Waals surface area contributed by atoms with E-state index in [1.165, 1.54) is 5.56 Å². The van der Waals surface area contributed by atoms with Crippen LogP contribution in [0.3, 0.4) is 0 Å². The number of carbonyl (C=O) groups excluding carboxylic acids is 1. The normalized spacial score (nSPS) is 15.2. The minimum atomic E-state index is 0.0468. The lowest BCUT2D eigenvalue weighted by atomic mass is 10.0. The smallest absolute Gasteiger partial charge is 0.254 e. The molecule has 1 aliphatic heterocycles. The van der Waals surface area contributed by atoms with Crippen LogP contribution in [-0.4, -0.2) is 68.8 Å². The maximum absolute atomic E-state index is 13.2. The molecule has 2 aromatic carbocycles. The summed E-state index contributed by atoms with van der Waals surface area (Å²) in [7, 11) is 3.29. The zero-order chi connectivity index (χ0) is 21.3. The van der Waals surface area contributed by atoms with Gasteiger partial charge in [-0.1, -0.05) is 29.8 Å². The van der Waals surface area contributed by atoms with Crippen molar-refractivity contribution in [2.75, 3.05) is 47.0 Å². The van der Waals surface area contributed by atoms with E-state index >= 15 is 0 Å². The Morgan fingerprint density at radius 1 is 1.13 bits per heavy atom. The lowest BCUT2D eigenvalue weighted by molar-refractivity contribution is 0.0486. The molecule has 0 aliphatic carbocycles. The highest BCUT2D eigenvalue weighted by atomic mass is 35.5. The number of hydrogen-bond donors (Lipinski definition) is 0. The standard InChI is InChI=1S/C24H31ClN2O3/c1-29-17-16-27(24(28)20-4-3-5-23(18-20)30-2)22-11-14-26(15-12-22)13-10-19-6-8-21(25)9-7-19/h3-9,18,22H,10-17H2,1-2H3. The van der Waals surface area contributed by atoms with E-state index in [-0.39, 0.29) is 11.9 Å². The first kappa shape index (κ1) is 22.6. The molecule has 0 unspecified atom stereocenters. The molecule has 0 bridgehead atoms. The first-order valence-electron chi connectivity index (χ1n) is 10.5. The molecule has 0 radical (unpaired) electrons. The Labute approximate surface area is 184 Å². The molecule has 1 fully saturated rings. The molecule has 0 atom stereocenters. The van der Waals surface area contributed by atoms with Gasteiger partial charge >= 0.3 is 0 Å². The van der Waals surface area contributed by atoms with Gasteiger partial charge in [-0.15, -0.1) is 0 Å². The Bertz CT molecular complexity index is 804. The van der Waals surface area contributed by atoms with Gasteiger partial charge in [-0.3, -0.25) is 4.79 Å². The monoisotopic (exact) mass is 430 g/mol. The molecule has 0 saturated carbocycles. The SMILES string of the molecule is COCCN(C(=O)c1cccc(OC)c1)C1CCN(CCc2ccc(Cl)cc2)CC1. The van der Waals surface area contributed by atoms with Gasteiger partial charge in [0.1, 0.15) is 5.75 Å². The maximum Gasteiger partial charge on any atom is 0.254 e. The van der Waals surface area contributed by atoms with Crippen LogP contribution in [0.15, 0.2) is 48.5 Å². The third-order valence-corrected chi connectivity index (χ3v) is 5.99. The predicted molar refractivity (Wildman–Crippen MR) is 121 cm³/mol. The summed E-state index contributed by atoms with van der Waals surface area (Å²) in [5.74, 6) is 0.745. The largest absolute Gasteiger partial charge is 0.497 e. The summed E-state index contributed by atoms with van der Waals surface area (Å²) in [6, 6.07) is 15.7. The van der Waals surface area contributed by atoms with Gasteiger partial charge in [0.25, 0.3) is 5.91 Å². The van der Waals surface area contributed by atoms with Crippen molar-refractivity contribution in [2.24, 2.45) is 0 Å². The number of nitrogens with zero attached hydrogens (tertiary/aromatic N) is 2. The van der Waals surface area contributed by atoms with Gasteiger partial charge < -0.3 is 19.3 Å². The highest BCUT2D eigenvalue weighted by Crippen LogP contribution is 2.21. The molecule has 6 heteroatoms. The van der Waals surface area contributed by atoms with Gasteiger partial charge in [-0.05, 0) is 55.2 Å². The van der Waals surface area contributed by atoms with E-state index in [2.05, 4.69) is 17.0 Å². The second-order valence-corrected chi connectivity index (χ2v) is 8.11.